The molecule has 1 aromatic carbocycles. The SMILES string of the molecule is O=C(CON(C(=O)O)c1ccccc1)[C@H](OP(=O)(O)O)[C@H](O)CO. The minimum Gasteiger partial charge on any atom is -0.463 e. The second-order valence-electron chi connectivity index (χ2n) is 4.42. The summed E-state index contributed by atoms with van der Waals surface area (Å²) in [5.41, 5.74) is 0.0768. The van der Waals surface area contributed by atoms with E-state index in [1.54, 1.807) is 6.07 Å². The second-order valence-corrected chi connectivity index (χ2v) is 5.61. The molecule has 0 saturated carbocycles. The molecule has 12 heteroatoms. The number of phosphoric ester groups is 1. The predicted octanol–water partition coefficient (Wildman–Crippen LogP) is -0.497. The smallest absolute Gasteiger partial charge is 0.463 e. The molecule has 0 bridgehead atoms. The number of aliphatic hydroxyl groups is 2. The fourth-order valence-electron chi connectivity index (χ4n) is 1.60. The van der Waals surface area contributed by atoms with E-state index < -0.39 is 45.1 Å². The number of hydrogen-bond donors (Lipinski definition) is 5. The van der Waals surface area contributed by atoms with Gasteiger partial charge >= 0.3 is 13.9 Å². The van der Waals surface area contributed by atoms with Crippen molar-refractivity contribution >= 4 is 25.4 Å². The number of amides is 1. The van der Waals surface area contributed by atoms with E-state index in [1.807, 2.05) is 0 Å². The normalized spacial score (nSPS) is 14.0. The van der Waals surface area contributed by atoms with Crippen LogP contribution < -0.4 is 5.06 Å². The summed E-state index contributed by atoms with van der Waals surface area (Å²) in [5, 5.41) is 27.7. The fourth-order valence-corrected chi connectivity index (χ4v) is 2.16. The number of aliphatic hydroxyl groups excluding tert-OH is 2. The largest absolute Gasteiger partial charge is 0.470 e. The van der Waals surface area contributed by atoms with E-state index in [1.165, 1.54) is 24.3 Å². The molecule has 0 aromatic heterocycles. The van der Waals surface area contributed by atoms with Crippen LogP contribution in [-0.4, -0.2) is 62.4 Å². The van der Waals surface area contributed by atoms with Gasteiger partial charge < -0.3 is 25.1 Å². The van der Waals surface area contributed by atoms with Crippen LogP contribution in [0.15, 0.2) is 30.3 Å². The van der Waals surface area contributed by atoms with Crippen molar-refractivity contribution in [1.82, 2.24) is 0 Å². The van der Waals surface area contributed by atoms with E-state index in [-0.39, 0.29) is 5.69 Å². The number of anilines is 1. The summed E-state index contributed by atoms with van der Waals surface area (Å²) in [4.78, 5) is 45.3. The number of carbonyl (C=O) groups excluding carboxylic acids is 1. The van der Waals surface area contributed by atoms with E-state index in [0.717, 1.165) is 0 Å². The summed E-state index contributed by atoms with van der Waals surface area (Å²) >= 11 is 0. The molecule has 0 fully saturated rings. The van der Waals surface area contributed by atoms with Gasteiger partial charge in [0.2, 0.25) is 0 Å². The molecule has 2 atom stereocenters. The summed E-state index contributed by atoms with van der Waals surface area (Å²) in [6.07, 6.45) is -5.57. The first-order valence-electron chi connectivity index (χ1n) is 6.42. The Labute approximate surface area is 135 Å². The van der Waals surface area contributed by atoms with Gasteiger partial charge in [-0.3, -0.25) is 14.2 Å². The van der Waals surface area contributed by atoms with Gasteiger partial charge in [-0.25, -0.2) is 9.36 Å². The van der Waals surface area contributed by atoms with Crippen molar-refractivity contribution in [3.05, 3.63) is 30.3 Å². The van der Waals surface area contributed by atoms with E-state index >= 15 is 0 Å². The molecule has 5 N–H and O–H groups in total. The molecular formula is C12H16NO10P. The van der Waals surface area contributed by atoms with Crippen LogP contribution in [0.25, 0.3) is 0 Å². The van der Waals surface area contributed by atoms with Crippen molar-refractivity contribution in [2.45, 2.75) is 12.2 Å². The highest BCUT2D eigenvalue weighted by molar-refractivity contribution is 7.46. The number of carbonyl (C=O) groups is 2. The molecular weight excluding hydrogens is 349 g/mol. The van der Waals surface area contributed by atoms with E-state index in [9.17, 15) is 19.3 Å². The number of rotatable bonds is 9. The summed E-state index contributed by atoms with van der Waals surface area (Å²) < 4.78 is 14.9. The van der Waals surface area contributed by atoms with E-state index in [0.29, 0.717) is 5.06 Å². The number of hydrogen-bond acceptors (Lipinski definition) is 7. The van der Waals surface area contributed by atoms with Gasteiger partial charge in [-0.05, 0) is 12.1 Å². The molecule has 0 unspecified atom stereocenters. The Bertz CT molecular complexity index is 603. The highest BCUT2D eigenvalue weighted by Crippen LogP contribution is 2.38. The maximum atomic E-state index is 11.9. The second kappa shape index (κ2) is 8.85. The number of benzene rings is 1. The number of hydroxylamine groups is 1. The Kier molecular flexibility index (Phi) is 7.45. The maximum Gasteiger partial charge on any atom is 0.470 e. The van der Waals surface area contributed by atoms with Crippen molar-refractivity contribution < 1.29 is 48.6 Å². The van der Waals surface area contributed by atoms with E-state index in [4.69, 9.17) is 24.8 Å². The van der Waals surface area contributed by atoms with Crippen LogP contribution >= 0.6 is 7.82 Å². The van der Waals surface area contributed by atoms with Crippen LogP contribution in [0.3, 0.4) is 0 Å². The number of Topliss-reactive ketones (excluding diaryl/α,β-unsaturated/α-hetero) is 1. The van der Waals surface area contributed by atoms with Crippen molar-refractivity contribution in [1.29, 1.82) is 0 Å². The van der Waals surface area contributed by atoms with Crippen molar-refractivity contribution in [2.75, 3.05) is 18.3 Å². The quantitative estimate of drug-likeness (QED) is 0.283. The Balaban J connectivity index is 2.82. The summed E-state index contributed by atoms with van der Waals surface area (Å²) in [6, 6.07) is 7.42. The minimum absolute atomic E-state index is 0.0768. The molecule has 0 radical (unpaired) electrons. The first kappa shape index (κ1) is 20.2. The van der Waals surface area contributed by atoms with E-state index in [2.05, 4.69) is 4.52 Å². The van der Waals surface area contributed by atoms with Crippen LogP contribution in [0.4, 0.5) is 10.5 Å². The van der Waals surface area contributed by atoms with Gasteiger partial charge in [0, 0.05) is 0 Å². The van der Waals surface area contributed by atoms with Gasteiger partial charge in [0.25, 0.3) is 0 Å². The van der Waals surface area contributed by atoms with Crippen LogP contribution in [-0.2, 0) is 18.7 Å². The topological polar surface area (TPSA) is 174 Å². The van der Waals surface area contributed by atoms with Gasteiger partial charge in [-0.2, -0.15) is 5.06 Å². The van der Waals surface area contributed by atoms with Crippen molar-refractivity contribution in [3.8, 4) is 0 Å². The van der Waals surface area contributed by atoms with Gasteiger partial charge in [-0.15, -0.1) is 0 Å². The molecule has 11 nitrogen and oxygen atoms in total. The van der Waals surface area contributed by atoms with Gasteiger partial charge in [0.15, 0.2) is 11.9 Å². The average Bonchev–Trinajstić information content (AvgIpc) is 2.51. The molecule has 0 aliphatic heterocycles. The Morgan fingerprint density at radius 2 is 1.79 bits per heavy atom. The maximum absolute atomic E-state index is 11.9. The predicted molar refractivity (Wildman–Crippen MR) is 77.9 cm³/mol. The third-order valence-electron chi connectivity index (χ3n) is 2.61. The number of carboxylic acid groups (broad SMARTS) is 1. The lowest BCUT2D eigenvalue weighted by atomic mass is 10.1. The van der Waals surface area contributed by atoms with Crippen LogP contribution in [0, 0.1) is 0 Å². The molecule has 24 heavy (non-hydrogen) atoms. The molecule has 0 aliphatic carbocycles. The highest BCUT2D eigenvalue weighted by Gasteiger charge is 2.34. The minimum atomic E-state index is -5.14. The molecule has 1 rings (SSSR count). The summed E-state index contributed by atoms with van der Waals surface area (Å²) in [5.74, 6) is -1.18. The van der Waals surface area contributed by atoms with Crippen LogP contribution in [0.2, 0.25) is 0 Å². The molecule has 0 saturated heterocycles. The third-order valence-corrected chi connectivity index (χ3v) is 3.11. The highest BCUT2D eigenvalue weighted by atomic mass is 31.2. The molecule has 0 heterocycles. The van der Waals surface area contributed by atoms with Gasteiger partial charge in [0.1, 0.15) is 12.7 Å². The molecule has 1 aromatic rings. The number of phosphoric acid groups is 1. The van der Waals surface area contributed by atoms with Gasteiger partial charge in [0.05, 0.1) is 12.3 Å². The zero-order valence-corrected chi connectivity index (χ0v) is 13.0. The fraction of sp³-hybridized carbons (Fsp3) is 0.333. The van der Waals surface area contributed by atoms with Crippen LogP contribution in [0.1, 0.15) is 0 Å². The number of para-hydroxylation sites is 1. The molecule has 134 valence electrons. The lowest BCUT2D eigenvalue weighted by molar-refractivity contribution is -0.138. The molecule has 1 amide bonds. The third kappa shape index (κ3) is 6.34. The number of nitrogens with zero attached hydrogens (tertiary/aromatic N) is 1. The van der Waals surface area contributed by atoms with Crippen LogP contribution in [0.5, 0.6) is 0 Å². The monoisotopic (exact) mass is 365 g/mol. The Hall–Kier alpha value is -1.85. The van der Waals surface area contributed by atoms with Gasteiger partial charge in [-0.1, -0.05) is 18.2 Å². The summed E-state index contributed by atoms with van der Waals surface area (Å²) in [7, 11) is -5.14. The first-order chi connectivity index (χ1) is 11.2. The Morgan fingerprint density at radius 3 is 2.25 bits per heavy atom. The zero-order valence-electron chi connectivity index (χ0n) is 12.1. The average molecular weight is 365 g/mol. The number of ketones is 1. The van der Waals surface area contributed by atoms with Crippen molar-refractivity contribution in [3.63, 3.8) is 0 Å². The van der Waals surface area contributed by atoms with Crippen molar-refractivity contribution in [2.24, 2.45) is 0 Å². The first-order valence-corrected chi connectivity index (χ1v) is 7.95. The standard InChI is InChI=1S/C12H16NO10P/c14-6-9(15)11(23-24(19,20)21)10(16)7-22-13(12(17)18)8-4-2-1-3-5-8/h1-5,9,11,14-15H,6-7H2,(H,17,18)(H2,19,20,21)/t9-,11-/m1/s1. The molecule has 0 spiro atoms. The summed E-state index contributed by atoms with van der Waals surface area (Å²) in [6.45, 7) is -2.00. The Morgan fingerprint density at radius 1 is 1.21 bits per heavy atom. The lowest BCUT2D eigenvalue weighted by Gasteiger charge is -2.23. The lowest BCUT2D eigenvalue weighted by Crippen LogP contribution is -2.42. The molecule has 0 aliphatic rings. The zero-order chi connectivity index (χ0) is 18.3.